The zero-order valence-corrected chi connectivity index (χ0v) is 20.5. The Hall–Kier alpha value is -3.25. The molecule has 10 heteroatoms. The highest BCUT2D eigenvalue weighted by atomic mass is 127. The van der Waals surface area contributed by atoms with Gasteiger partial charge in [0.1, 0.15) is 6.54 Å². The van der Waals surface area contributed by atoms with Crippen LogP contribution in [0.25, 0.3) is 0 Å². The summed E-state index contributed by atoms with van der Waals surface area (Å²) < 4.78 is 33.1. The van der Waals surface area contributed by atoms with Crippen LogP contribution in [0.5, 0.6) is 0 Å². The van der Waals surface area contributed by atoms with E-state index in [1.807, 2.05) is 0 Å². The van der Waals surface area contributed by atoms with E-state index in [9.17, 15) is 18.0 Å². The Bertz CT molecular complexity index is 1250. The molecule has 0 aliphatic rings. The standard InChI is InChI=1S/C23H20IN3O5S/c1-32-23(29)18-9-7-17(8-10-18)15-25-26-22(28)16-27(20-13-11-19(24)12-14-20)33(30,31)21-5-3-2-4-6-21/h2-15H,16H2,1H3,(H,26,28)/b25-15-. The van der Waals surface area contributed by atoms with Crippen LogP contribution in [-0.2, 0) is 19.6 Å². The molecule has 0 aromatic heterocycles. The van der Waals surface area contributed by atoms with Crippen LogP contribution < -0.4 is 9.73 Å². The van der Waals surface area contributed by atoms with E-state index in [4.69, 9.17) is 0 Å². The highest BCUT2D eigenvalue weighted by molar-refractivity contribution is 14.1. The quantitative estimate of drug-likeness (QED) is 0.191. The van der Waals surface area contributed by atoms with Gasteiger partial charge in [-0.15, -0.1) is 0 Å². The van der Waals surface area contributed by atoms with Gasteiger partial charge in [-0.05, 0) is 76.7 Å². The number of sulfonamides is 1. The van der Waals surface area contributed by atoms with Crippen molar-refractivity contribution in [3.63, 3.8) is 0 Å². The molecule has 0 radical (unpaired) electrons. The van der Waals surface area contributed by atoms with Crippen molar-refractivity contribution in [3.8, 4) is 0 Å². The van der Waals surface area contributed by atoms with Crippen LogP contribution in [0.2, 0.25) is 0 Å². The van der Waals surface area contributed by atoms with E-state index in [0.717, 1.165) is 7.88 Å². The van der Waals surface area contributed by atoms with Crippen molar-refractivity contribution in [1.29, 1.82) is 0 Å². The number of carbonyl (C=O) groups excluding carboxylic acids is 2. The van der Waals surface area contributed by atoms with Gasteiger partial charge in [0.25, 0.3) is 15.9 Å². The zero-order chi connectivity index (χ0) is 23.8. The molecule has 0 aliphatic carbocycles. The first-order valence-corrected chi connectivity index (χ1v) is 12.2. The van der Waals surface area contributed by atoms with Crippen molar-refractivity contribution < 1.29 is 22.7 Å². The van der Waals surface area contributed by atoms with Crippen molar-refractivity contribution in [2.24, 2.45) is 5.10 Å². The Morgan fingerprint density at radius 2 is 1.64 bits per heavy atom. The Labute approximate surface area is 205 Å². The summed E-state index contributed by atoms with van der Waals surface area (Å²) >= 11 is 2.12. The van der Waals surface area contributed by atoms with E-state index in [2.05, 4.69) is 37.9 Å². The van der Waals surface area contributed by atoms with Crippen LogP contribution in [0.4, 0.5) is 5.69 Å². The molecular formula is C23H20IN3O5S. The molecule has 3 aromatic rings. The van der Waals surface area contributed by atoms with Crippen molar-refractivity contribution in [3.05, 3.63) is 93.6 Å². The van der Waals surface area contributed by atoms with E-state index < -0.39 is 28.4 Å². The number of halogens is 1. The molecule has 0 saturated heterocycles. The SMILES string of the molecule is COC(=O)c1ccc(/C=N\NC(=O)CN(c2ccc(I)cc2)S(=O)(=O)c2ccccc2)cc1. The van der Waals surface area contributed by atoms with Gasteiger partial charge in [-0.1, -0.05) is 30.3 Å². The number of benzene rings is 3. The summed E-state index contributed by atoms with van der Waals surface area (Å²) in [5.41, 5.74) is 3.72. The Balaban J connectivity index is 1.76. The minimum atomic E-state index is -3.98. The lowest BCUT2D eigenvalue weighted by Gasteiger charge is -2.23. The predicted octanol–water partition coefficient (Wildman–Crippen LogP) is 3.42. The third-order valence-electron chi connectivity index (χ3n) is 4.47. The van der Waals surface area contributed by atoms with Crippen LogP contribution in [0.3, 0.4) is 0 Å². The molecule has 0 fully saturated rings. The predicted molar refractivity (Wildman–Crippen MR) is 134 cm³/mol. The summed E-state index contributed by atoms with van der Waals surface area (Å²) in [6.45, 7) is -0.462. The van der Waals surface area contributed by atoms with Crippen LogP contribution >= 0.6 is 22.6 Å². The number of amides is 1. The van der Waals surface area contributed by atoms with Crippen molar-refractivity contribution in [2.45, 2.75) is 4.90 Å². The summed E-state index contributed by atoms with van der Waals surface area (Å²) in [5.74, 6) is -1.07. The molecule has 0 spiro atoms. The third-order valence-corrected chi connectivity index (χ3v) is 6.97. The van der Waals surface area contributed by atoms with Gasteiger partial charge in [-0.25, -0.2) is 18.6 Å². The summed E-state index contributed by atoms with van der Waals surface area (Å²) in [6.07, 6.45) is 1.39. The maximum atomic E-state index is 13.2. The second-order valence-electron chi connectivity index (χ2n) is 6.71. The molecule has 1 N–H and O–H groups in total. The number of methoxy groups -OCH3 is 1. The van der Waals surface area contributed by atoms with Crippen molar-refractivity contribution in [1.82, 2.24) is 5.43 Å². The van der Waals surface area contributed by atoms with Gasteiger partial charge in [0.05, 0.1) is 29.5 Å². The van der Waals surface area contributed by atoms with Crippen LogP contribution in [0.1, 0.15) is 15.9 Å². The monoisotopic (exact) mass is 577 g/mol. The fourth-order valence-electron chi connectivity index (χ4n) is 2.81. The molecule has 0 unspecified atom stereocenters. The number of ether oxygens (including phenoxy) is 1. The van der Waals surface area contributed by atoms with E-state index in [1.165, 1.54) is 25.5 Å². The average molecular weight is 577 g/mol. The van der Waals surface area contributed by atoms with Gasteiger partial charge in [-0.3, -0.25) is 9.10 Å². The number of esters is 1. The maximum Gasteiger partial charge on any atom is 0.337 e. The van der Waals surface area contributed by atoms with Gasteiger partial charge in [0, 0.05) is 3.57 Å². The second-order valence-corrected chi connectivity index (χ2v) is 9.82. The lowest BCUT2D eigenvalue weighted by atomic mass is 10.1. The maximum absolute atomic E-state index is 13.2. The van der Waals surface area contributed by atoms with E-state index in [-0.39, 0.29) is 4.90 Å². The van der Waals surface area contributed by atoms with Gasteiger partial charge < -0.3 is 4.74 Å². The second kappa shape index (κ2) is 11.1. The van der Waals surface area contributed by atoms with E-state index >= 15 is 0 Å². The molecule has 3 rings (SSSR count). The van der Waals surface area contributed by atoms with Crippen molar-refractivity contribution in [2.75, 3.05) is 18.0 Å². The minimum Gasteiger partial charge on any atom is -0.465 e. The van der Waals surface area contributed by atoms with E-state index in [0.29, 0.717) is 16.8 Å². The first-order chi connectivity index (χ1) is 15.8. The summed E-state index contributed by atoms with van der Waals surface area (Å²) in [5, 5.41) is 3.89. The Morgan fingerprint density at radius 3 is 2.24 bits per heavy atom. The minimum absolute atomic E-state index is 0.0746. The highest BCUT2D eigenvalue weighted by Gasteiger charge is 2.27. The molecular weight excluding hydrogens is 557 g/mol. The van der Waals surface area contributed by atoms with Gasteiger partial charge >= 0.3 is 5.97 Å². The lowest BCUT2D eigenvalue weighted by Crippen LogP contribution is -2.39. The number of carbonyl (C=O) groups is 2. The molecule has 0 heterocycles. The summed E-state index contributed by atoms with van der Waals surface area (Å²) in [6, 6.07) is 21.1. The number of hydrogen-bond donors (Lipinski definition) is 1. The van der Waals surface area contributed by atoms with Gasteiger partial charge in [0.2, 0.25) is 0 Å². The fraction of sp³-hybridized carbons (Fsp3) is 0.0870. The fourth-order valence-corrected chi connectivity index (χ4v) is 4.61. The van der Waals surface area contributed by atoms with Gasteiger partial charge in [0.15, 0.2) is 0 Å². The number of hydrogen-bond acceptors (Lipinski definition) is 6. The molecule has 0 saturated carbocycles. The molecule has 33 heavy (non-hydrogen) atoms. The largest absolute Gasteiger partial charge is 0.465 e. The van der Waals surface area contributed by atoms with Gasteiger partial charge in [-0.2, -0.15) is 5.10 Å². The average Bonchev–Trinajstić information content (AvgIpc) is 2.83. The van der Waals surface area contributed by atoms with E-state index in [1.54, 1.807) is 66.7 Å². The number of rotatable bonds is 8. The molecule has 3 aromatic carbocycles. The number of nitrogens with one attached hydrogen (secondary N) is 1. The molecule has 0 aliphatic heterocycles. The topological polar surface area (TPSA) is 105 Å². The smallest absolute Gasteiger partial charge is 0.337 e. The van der Waals surface area contributed by atoms with Crippen LogP contribution in [0.15, 0.2) is 88.9 Å². The number of anilines is 1. The highest BCUT2D eigenvalue weighted by Crippen LogP contribution is 2.24. The summed E-state index contributed by atoms with van der Waals surface area (Å²) in [7, 11) is -2.68. The molecule has 8 nitrogen and oxygen atoms in total. The van der Waals surface area contributed by atoms with Crippen LogP contribution in [-0.4, -0.2) is 40.2 Å². The first kappa shape index (κ1) is 24.4. The van der Waals surface area contributed by atoms with Crippen molar-refractivity contribution >= 4 is 56.4 Å². The Kier molecular flexibility index (Phi) is 8.17. The third kappa shape index (κ3) is 6.39. The first-order valence-electron chi connectivity index (χ1n) is 9.65. The normalized spacial score (nSPS) is 11.2. The zero-order valence-electron chi connectivity index (χ0n) is 17.5. The molecule has 1 amide bonds. The number of hydrazone groups is 1. The molecule has 170 valence electrons. The lowest BCUT2D eigenvalue weighted by molar-refractivity contribution is -0.119. The molecule has 0 atom stereocenters. The summed E-state index contributed by atoms with van der Waals surface area (Å²) in [4.78, 5) is 24.1. The Morgan fingerprint density at radius 1 is 1.00 bits per heavy atom. The number of nitrogens with zero attached hydrogens (tertiary/aromatic N) is 2. The molecule has 0 bridgehead atoms. The van der Waals surface area contributed by atoms with Crippen LogP contribution in [0, 0.1) is 3.57 Å².